The monoisotopic (exact) mass is 87.0 g/mol. The molecule has 0 aromatic heterocycles. The summed E-state index contributed by atoms with van der Waals surface area (Å²) in [6.07, 6.45) is 0. The molecule has 0 aromatic carbocycles. The van der Waals surface area contributed by atoms with Crippen LogP contribution >= 0.6 is 0 Å². The van der Waals surface area contributed by atoms with E-state index in [1.54, 1.807) is 0 Å². The van der Waals surface area contributed by atoms with Crippen LogP contribution in [0.3, 0.4) is 0 Å². The Hall–Kier alpha value is -0.860. The number of esters is 1. The maximum Gasteiger partial charge on any atom is 0.425 e. The van der Waals surface area contributed by atoms with Gasteiger partial charge in [0.05, 0.1) is 0 Å². The summed E-state index contributed by atoms with van der Waals surface area (Å²) in [6.45, 7) is 2.10. The van der Waals surface area contributed by atoms with Crippen LogP contribution in [0.2, 0.25) is 0 Å². The summed E-state index contributed by atoms with van der Waals surface area (Å²) in [7, 11) is 0. The van der Waals surface area contributed by atoms with Gasteiger partial charge in [-0.3, -0.25) is 4.79 Å². The second-order valence-electron chi connectivity index (χ2n) is 0.677. The minimum Gasteiger partial charge on any atom is -0.385 e. The minimum absolute atomic E-state index is 0.634. The van der Waals surface area contributed by atoms with E-state index in [2.05, 4.69) is 4.74 Å². The molecule has 0 N–H and O–H groups in total. The Morgan fingerprint density at radius 2 is 2.33 bits per heavy atom. The van der Waals surface area contributed by atoms with Crippen molar-refractivity contribution in [3.8, 4) is 0 Å². The van der Waals surface area contributed by atoms with Gasteiger partial charge in [-0.05, 0) is 0 Å². The molecule has 0 saturated carbocycles. The molecule has 0 aliphatic rings. The molecule has 0 amide bonds. The maximum atomic E-state index is 9.56. The molecule has 0 rings (SSSR count). The topological polar surface area (TPSA) is 43.4 Å². The van der Waals surface area contributed by atoms with Crippen molar-refractivity contribution in [1.29, 1.82) is 0 Å². The predicted molar refractivity (Wildman–Crippen MR) is 17.5 cm³/mol. The molecule has 0 aromatic rings. The first-order chi connectivity index (χ1) is 2.77. The fourth-order valence-electron chi connectivity index (χ4n) is 0.0587. The smallest absolute Gasteiger partial charge is 0.385 e. The Labute approximate surface area is 34.9 Å². The van der Waals surface area contributed by atoms with Crippen molar-refractivity contribution in [1.82, 2.24) is 0 Å². The Bertz CT molecular complexity index is 66.4. The third kappa shape index (κ3) is 3.14. The van der Waals surface area contributed by atoms with Gasteiger partial charge in [0.15, 0.2) is 0 Å². The van der Waals surface area contributed by atoms with Crippen LogP contribution in [0.1, 0.15) is 6.92 Å². The molecule has 0 saturated heterocycles. The van der Waals surface area contributed by atoms with Gasteiger partial charge in [-0.2, -0.15) is 0 Å². The average Bonchev–Trinajstić information content (AvgIpc) is 1.35. The third-order valence-electron chi connectivity index (χ3n) is 0.185. The molecule has 0 atom stereocenters. The molecule has 1 radical (unpaired) electrons. The van der Waals surface area contributed by atoms with Gasteiger partial charge in [0.1, 0.15) is 0 Å². The fraction of sp³-hybridized carbons (Fsp3) is 0.333. The SMILES string of the molecule is CC(=O)O[C]=O. The van der Waals surface area contributed by atoms with Crippen molar-refractivity contribution in [2.24, 2.45) is 0 Å². The summed E-state index contributed by atoms with van der Waals surface area (Å²) in [5.41, 5.74) is 0. The summed E-state index contributed by atoms with van der Waals surface area (Å²) in [6, 6.07) is 0. The minimum atomic E-state index is -0.634. The van der Waals surface area contributed by atoms with Crippen LogP contribution in [0.25, 0.3) is 0 Å². The van der Waals surface area contributed by atoms with E-state index in [9.17, 15) is 4.79 Å². The van der Waals surface area contributed by atoms with Crippen molar-refractivity contribution in [2.75, 3.05) is 0 Å². The summed E-state index contributed by atoms with van der Waals surface area (Å²) >= 11 is 0. The average molecular weight is 87.1 g/mol. The highest BCUT2D eigenvalue weighted by molar-refractivity contribution is 5.73. The largest absolute Gasteiger partial charge is 0.425 e. The highest BCUT2D eigenvalue weighted by atomic mass is 16.6. The first-order valence-corrected chi connectivity index (χ1v) is 1.32. The molecule has 0 aliphatic heterocycles. The number of ether oxygens (including phenoxy) is 1. The van der Waals surface area contributed by atoms with Gasteiger partial charge in [-0.15, -0.1) is 0 Å². The fourth-order valence-corrected chi connectivity index (χ4v) is 0.0587. The maximum absolute atomic E-state index is 9.56. The Morgan fingerprint density at radius 3 is 2.33 bits per heavy atom. The Morgan fingerprint density at radius 1 is 1.83 bits per heavy atom. The molecule has 3 nitrogen and oxygen atoms in total. The molecule has 0 fully saturated rings. The number of carbonyl (C=O) groups is 1. The molecule has 0 aliphatic carbocycles. The molecule has 3 heteroatoms. The summed E-state index contributed by atoms with van der Waals surface area (Å²) < 4.78 is 3.60. The molecule has 0 spiro atoms. The zero-order valence-corrected chi connectivity index (χ0v) is 3.22. The number of hydrogen-bond donors (Lipinski definition) is 0. The van der Waals surface area contributed by atoms with Gasteiger partial charge in [-0.25, -0.2) is 4.79 Å². The molecule has 33 valence electrons. The predicted octanol–water partition coefficient (Wildman–Crippen LogP) is -0.383. The van der Waals surface area contributed by atoms with Gasteiger partial charge in [0, 0.05) is 6.92 Å². The molecule has 0 heterocycles. The second-order valence-corrected chi connectivity index (χ2v) is 0.677. The van der Waals surface area contributed by atoms with Crippen LogP contribution in [0.5, 0.6) is 0 Å². The Balaban J connectivity index is 3.05. The van der Waals surface area contributed by atoms with Gasteiger partial charge < -0.3 is 4.74 Å². The lowest BCUT2D eigenvalue weighted by Crippen LogP contribution is -1.93. The molecular formula is C3H3O3. The zero-order valence-electron chi connectivity index (χ0n) is 3.22. The lowest BCUT2D eigenvalue weighted by molar-refractivity contribution is -0.133. The summed E-state index contributed by atoms with van der Waals surface area (Å²) in [5.74, 6) is -0.634. The van der Waals surface area contributed by atoms with E-state index in [0.29, 0.717) is 0 Å². The van der Waals surface area contributed by atoms with Crippen LogP contribution in [0, 0.1) is 0 Å². The van der Waals surface area contributed by atoms with E-state index in [1.165, 1.54) is 0 Å². The van der Waals surface area contributed by atoms with E-state index in [-0.39, 0.29) is 0 Å². The van der Waals surface area contributed by atoms with Crippen LogP contribution in [0.4, 0.5) is 0 Å². The molecule has 0 bridgehead atoms. The van der Waals surface area contributed by atoms with Gasteiger partial charge in [0.2, 0.25) is 0 Å². The van der Waals surface area contributed by atoms with Crippen molar-refractivity contribution in [2.45, 2.75) is 6.92 Å². The van der Waals surface area contributed by atoms with Crippen LogP contribution in [-0.2, 0) is 14.3 Å². The van der Waals surface area contributed by atoms with Gasteiger partial charge in [0.25, 0.3) is 0 Å². The van der Waals surface area contributed by atoms with Crippen molar-refractivity contribution in [3.63, 3.8) is 0 Å². The number of hydrogen-bond acceptors (Lipinski definition) is 3. The van der Waals surface area contributed by atoms with Crippen molar-refractivity contribution >= 4 is 12.4 Å². The normalized spacial score (nSPS) is 6.83. The van der Waals surface area contributed by atoms with Crippen molar-refractivity contribution in [3.05, 3.63) is 0 Å². The first kappa shape index (κ1) is 5.14. The zero-order chi connectivity index (χ0) is 4.99. The number of rotatable bonds is 1. The van der Waals surface area contributed by atoms with Gasteiger partial charge in [-0.1, -0.05) is 0 Å². The lowest BCUT2D eigenvalue weighted by Gasteiger charge is -1.76. The second kappa shape index (κ2) is 2.38. The number of carbonyl (C=O) groups excluding carboxylic acids is 2. The molecular weight excluding hydrogens is 84.0 g/mol. The quantitative estimate of drug-likeness (QED) is 0.323. The Kier molecular flexibility index (Phi) is 2.04. The van der Waals surface area contributed by atoms with Crippen LogP contribution in [0.15, 0.2) is 0 Å². The first-order valence-electron chi connectivity index (χ1n) is 1.32. The highest BCUT2D eigenvalue weighted by Gasteiger charge is 1.84. The third-order valence-corrected chi connectivity index (χ3v) is 0.185. The standard InChI is InChI=1S/C3H3O3/c1-3(5)6-2-4/h1H3. The highest BCUT2D eigenvalue weighted by Crippen LogP contribution is 1.62. The van der Waals surface area contributed by atoms with E-state index >= 15 is 0 Å². The van der Waals surface area contributed by atoms with E-state index in [4.69, 9.17) is 4.79 Å². The van der Waals surface area contributed by atoms with Gasteiger partial charge >= 0.3 is 12.4 Å². The van der Waals surface area contributed by atoms with E-state index in [0.717, 1.165) is 13.4 Å². The molecule has 0 unspecified atom stereocenters. The van der Waals surface area contributed by atoms with Crippen molar-refractivity contribution < 1.29 is 14.3 Å². The van der Waals surface area contributed by atoms with E-state index < -0.39 is 5.97 Å². The molecule has 6 heavy (non-hydrogen) atoms. The summed E-state index contributed by atoms with van der Waals surface area (Å²) in [5, 5.41) is 0. The van der Waals surface area contributed by atoms with Crippen LogP contribution in [-0.4, -0.2) is 12.4 Å². The lowest BCUT2D eigenvalue weighted by atomic mass is 10.8. The summed E-state index contributed by atoms with van der Waals surface area (Å²) in [4.78, 5) is 18.6. The van der Waals surface area contributed by atoms with Crippen LogP contribution < -0.4 is 0 Å². The van der Waals surface area contributed by atoms with E-state index in [1.807, 2.05) is 0 Å².